The van der Waals surface area contributed by atoms with Crippen LogP contribution in [-0.2, 0) is 11.2 Å². The summed E-state index contributed by atoms with van der Waals surface area (Å²) in [4.78, 5) is 20.8. The van der Waals surface area contributed by atoms with E-state index >= 15 is 0 Å². The van der Waals surface area contributed by atoms with Gasteiger partial charge in [-0.1, -0.05) is 18.0 Å². The number of pyridine rings is 1. The zero-order chi connectivity index (χ0) is 20.1. The van der Waals surface area contributed by atoms with Crippen LogP contribution in [0.2, 0.25) is 0 Å². The fraction of sp³-hybridized carbons (Fsp3) is 0.500. The molecule has 4 rings (SSSR count). The van der Waals surface area contributed by atoms with E-state index in [4.69, 9.17) is 4.52 Å². The Balaban J connectivity index is 1.25. The number of aromatic nitrogens is 6. The number of amides is 1. The van der Waals surface area contributed by atoms with Crippen LogP contribution in [0.4, 0.5) is 0 Å². The van der Waals surface area contributed by atoms with Crippen molar-refractivity contribution in [1.29, 1.82) is 0 Å². The highest BCUT2D eigenvalue weighted by atomic mass is 16.5. The van der Waals surface area contributed by atoms with Crippen LogP contribution < -0.4 is 5.32 Å². The number of nitrogens with zero attached hydrogens (tertiary/aromatic N) is 6. The highest BCUT2D eigenvalue weighted by molar-refractivity contribution is 5.76. The first kappa shape index (κ1) is 19.2. The van der Waals surface area contributed by atoms with Crippen molar-refractivity contribution in [2.75, 3.05) is 0 Å². The first-order valence-corrected chi connectivity index (χ1v) is 10.1. The molecule has 29 heavy (non-hydrogen) atoms. The second-order valence-corrected chi connectivity index (χ2v) is 7.43. The topological polar surface area (TPSA) is 112 Å². The molecule has 152 valence electrons. The quantitative estimate of drug-likeness (QED) is 0.624. The van der Waals surface area contributed by atoms with E-state index in [9.17, 15) is 4.79 Å². The summed E-state index contributed by atoms with van der Waals surface area (Å²) in [5.74, 6) is 1.83. The van der Waals surface area contributed by atoms with Gasteiger partial charge in [-0.05, 0) is 38.3 Å². The van der Waals surface area contributed by atoms with Gasteiger partial charge in [0, 0.05) is 36.8 Å². The lowest BCUT2D eigenvalue weighted by Gasteiger charge is -2.18. The third-order valence-corrected chi connectivity index (χ3v) is 5.27. The van der Waals surface area contributed by atoms with E-state index < -0.39 is 0 Å². The average molecular weight is 395 g/mol. The van der Waals surface area contributed by atoms with Gasteiger partial charge < -0.3 is 14.4 Å². The number of carbonyl (C=O) groups is 1. The van der Waals surface area contributed by atoms with Crippen LogP contribution in [0.3, 0.4) is 0 Å². The molecule has 9 heteroatoms. The van der Waals surface area contributed by atoms with Crippen LogP contribution in [-0.4, -0.2) is 35.8 Å². The van der Waals surface area contributed by atoms with Crippen molar-refractivity contribution in [1.82, 2.24) is 35.2 Å². The van der Waals surface area contributed by atoms with Crippen molar-refractivity contribution in [2.24, 2.45) is 0 Å². The van der Waals surface area contributed by atoms with Gasteiger partial charge in [-0.25, -0.2) is 0 Å². The lowest BCUT2D eigenvalue weighted by atomic mass is 10.2. The first-order valence-electron chi connectivity index (χ1n) is 10.1. The predicted molar refractivity (Wildman–Crippen MR) is 105 cm³/mol. The van der Waals surface area contributed by atoms with E-state index in [1.54, 1.807) is 18.7 Å². The van der Waals surface area contributed by atoms with Crippen molar-refractivity contribution >= 4 is 5.91 Å². The predicted octanol–water partition coefficient (Wildman–Crippen LogP) is 3.04. The maximum Gasteiger partial charge on any atom is 0.226 e. The summed E-state index contributed by atoms with van der Waals surface area (Å²) in [6.45, 7) is 1.95. The highest BCUT2D eigenvalue weighted by Gasteiger charge is 2.23. The first-order chi connectivity index (χ1) is 14.2. The Labute approximate surface area is 168 Å². The average Bonchev–Trinajstić information content (AvgIpc) is 3.48. The van der Waals surface area contributed by atoms with Crippen LogP contribution in [0.5, 0.6) is 0 Å². The minimum atomic E-state index is -0.175. The molecule has 1 N–H and O–H groups in total. The highest BCUT2D eigenvalue weighted by Crippen LogP contribution is 2.31. The summed E-state index contributed by atoms with van der Waals surface area (Å²) < 4.78 is 7.39. The van der Waals surface area contributed by atoms with Gasteiger partial charge in [0.25, 0.3) is 0 Å². The second-order valence-electron chi connectivity index (χ2n) is 7.43. The zero-order valence-electron chi connectivity index (χ0n) is 16.5. The van der Waals surface area contributed by atoms with E-state index in [1.807, 2.05) is 19.1 Å². The molecule has 1 atom stereocenters. The standard InChI is InChI=1S/C20H25N7O2/c1-14(20-25-22-13-27(20)16-7-2-3-8-16)23-17(28)9-4-10-18-24-19(26-29-18)15-6-5-11-21-12-15/h5-6,11-14,16H,2-4,7-10H2,1H3,(H,23,28)/t14-/m0/s1. The molecule has 0 unspecified atom stereocenters. The molecule has 3 aromatic rings. The van der Waals surface area contributed by atoms with Gasteiger partial charge in [0.1, 0.15) is 6.33 Å². The van der Waals surface area contributed by atoms with Gasteiger partial charge in [0.15, 0.2) is 5.82 Å². The Kier molecular flexibility index (Phi) is 5.92. The van der Waals surface area contributed by atoms with Crippen LogP contribution >= 0.6 is 0 Å². The van der Waals surface area contributed by atoms with Gasteiger partial charge in [0.2, 0.25) is 17.6 Å². The van der Waals surface area contributed by atoms with E-state index in [1.165, 1.54) is 12.8 Å². The van der Waals surface area contributed by atoms with Crippen LogP contribution in [0.15, 0.2) is 35.4 Å². The molecular formula is C20H25N7O2. The van der Waals surface area contributed by atoms with Crippen molar-refractivity contribution in [3.05, 3.63) is 42.6 Å². The molecule has 1 amide bonds. The van der Waals surface area contributed by atoms with Crippen molar-refractivity contribution in [3.8, 4) is 11.4 Å². The Morgan fingerprint density at radius 1 is 1.38 bits per heavy atom. The maximum atomic E-state index is 12.4. The largest absolute Gasteiger partial charge is 0.346 e. The number of hydrogen-bond acceptors (Lipinski definition) is 7. The second kappa shape index (κ2) is 8.93. The van der Waals surface area contributed by atoms with Gasteiger partial charge in [-0.15, -0.1) is 10.2 Å². The van der Waals surface area contributed by atoms with Crippen LogP contribution in [0, 0.1) is 0 Å². The molecule has 3 heterocycles. The lowest BCUT2D eigenvalue weighted by Crippen LogP contribution is -2.29. The number of aryl methyl sites for hydroxylation is 1. The molecule has 0 aliphatic heterocycles. The molecule has 0 aromatic carbocycles. The number of carbonyl (C=O) groups excluding carboxylic acids is 1. The molecule has 0 radical (unpaired) electrons. The normalized spacial score (nSPS) is 15.5. The van der Waals surface area contributed by atoms with Crippen molar-refractivity contribution in [3.63, 3.8) is 0 Å². The Morgan fingerprint density at radius 2 is 2.24 bits per heavy atom. The summed E-state index contributed by atoms with van der Waals surface area (Å²) in [6.07, 6.45) is 11.5. The van der Waals surface area contributed by atoms with Crippen LogP contribution in [0.1, 0.15) is 69.2 Å². The molecule has 0 saturated heterocycles. The third-order valence-electron chi connectivity index (χ3n) is 5.27. The maximum absolute atomic E-state index is 12.4. The molecule has 1 fully saturated rings. The molecule has 3 aromatic heterocycles. The summed E-state index contributed by atoms with van der Waals surface area (Å²) >= 11 is 0. The summed E-state index contributed by atoms with van der Waals surface area (Å²) in [7, 11) is 0. The fourth-order valence-corrected chi connectivity index (χ4v) is 3.77. The molecular weight excluding hydrogens is 370 g/mol. The van der Waals surface area contributed by atoms with Gasteiger partial charge in [0.05, 0.1) is 6.04 Å². The lowest BCUT2D eigenvalue weighted by molar-refractivity contribution is -0.121. The van der Waals surface area contributed by atoms with E-state index in [0.29, 0.717) is 37.0 Å². The summed E-state index contributed by atoms with van der Waals surface area (Å²) in [5.41, 5.74) is 0.806. The van der Waals surface area contributed by atoms with E-state index in [2.05, 4.69) is 35.2 Å². The SMILES string of the molecule is C[C@H](NC(=O)CCCc1nc(-c2cccnc2)no1)c1nncn1C1CCCC1. The monoisotopic (exact) mass is 395 g/mol. The minimum Gasteiger partial charge on any atom is -0.346 e. The smallest absolute Gasteiger partial charge is 0.226 e. The summed E-state index contributed by atoms with van der Waals surface area (Å²) in [6, 6.07) is 3.97. The molecule has 0 bridgehead atoms. The van der Waals surface area contributed by atoms with Crippen molar-refractivity contribution < 1.29 is 9.32 Å². The van der Waals surface area contributed by atoms with Gasteiger partial charge >= 0.3 is 0 Å². The molecule has 0 spiro atoms. The van der Waals surface area contributed by atoms with E-state index in [0.717, 1.165) is 24.2 Å². The molecule has 1 aliphatic carbocycles. The number of nitrogens with one attached hydrogen (secondary N) is 1. The fourth-order valence-electron chi connectivity index (χ4n) is 3.77. The van der Waals surface area contributed by atoms with Gasteiger partial charge in [-0.3, -0.25) is 9.78 Å². The molecule has 1 aliphatic rings. The van der Waals surface area contributed by atoms with E-state index in [-0.39, 0.29) is 11.9 Å². The number of rotatable bonds is 8. The van der Waals surface area contributed by atoms with Crippen molar-refractivity contribution in [2.45, 2.75) is 64.0 Å². The Bertz CT molecular complexity index is 931. The number of hydrogen-bond donors (Lipinski definition) is 1. The summed E-state index contributed by atoms with van der Waals surface area (Å²) in [5, 5.41) is 15.3. The Morgan fingerprint density at radius 3 is 3.03 bits per heavy atom. The Hall–Kier alpha value is -3.10. The van der Waals surface area contributed by atoms with Crippen LogP contribution in [0.25, 0.3) is 11.4 Å². The molecule has 9 nitrogen and oxygen atoms in total. The van der Waals surface area contributed by atoms with Gasteiger partial charge in [-0.2, -0.15) is 4.98 Å². The minimum absolute atomic E-state index is 0.0227. The third kappa shape index (κ3) is 4.67. The molecule has 1 saturated carbocycles. The zero-order valence-corrected chi connectivity index (χ0v) is 16.5.